The Kier molecular flexibility index (Phi) is 38.8. The standard InChI is InChI=1S/2C14H32P2.2C4H7N.2Ni/c2*1-11(2)15(12(3)4)9-10-16(13(5)6)14(7)8;2*1-2-4-5-3-1;;/h2*11-14H,9-10H2,1-8H3;2*3H,1-2,4H2;;/p+4. The van der Waals surface area contributed by atoms with Crippen molar-refractivity contribution in [2.75, 3.05) is 37.7 Å². The summed E-state index contributed by atoms with van der Waals surface area (Å²) in [6, 6.07) is 0. The van der Waals surface area contributed by atoms with Crippen LogP contribution < -0.4 is 0 Å². The van der Waals surface area contributed by atoms with E-state index in [1.165, 1.54) is 25.7 Å². The first-order chi connectivity index (χ1) is 19.5. The summed E-state index contributed by atoms with van der Waals surface area (Å²) in [5, 5.41) is 0. The van der Waals surface area contributed by atoms with Crippen LogP contribution in [-0.2, 0) is 33.0 Å². The summed E-state index contributed by atoms with van der Waals surface area (Å²) in [5.41, 5.74) is 7.61. The molecule has 2 aliphatic heterocycles. The van der Waals surface area contributed by atoms with Crippen LogP contribution in [0.3, 0.4) is 0 Å². The minimum Gasteiger partial charge on any atom is -0.298 e. The van der Waals surface area contributed by atoms with Crippen molar-refractivity contribution in [3.8, 4) is 0 Å². The van der Waals surface area contributed by atoms with Crippen molar-refractivity contribution in [1.82, 2.24) is 0 Å². The van der Waals surface area contributed by atoms with Crippen LogP contribution in [0.5, 0.6) is 0 Å². The van der Waals surface area contributed by atoms with E-state index in [0.717, 1.165) is 58.4 Å². The van der Waals surface area contributed by atoms with Gasteiger partial charge in [0.25, 0.3) is 0 Å². The Balaban J connectivity index is -0.000000266. The van der Waals surface area contributed by atoms with E-state index in [9.17, 15) is 0 Å². The van der Waals surface area contributed by atoms with E-state index in [1.807, 2.05) is 12.4 Å². The van der Waals surface area contributed by atoms with Crippen LogP contribution in [0.1, 0.15) is 136 Å². The Labute approximate surface area is 304 Å². The molecule has 0 aliphatic carbocycles. The maximum absolute atomic E-state index is 3.96. The fourth-order valence-corrected chi connectivity index (χ4v) is 21.0. The van der Waals surface area contributed by atoms with Gasteiger partial charge in [0, 0.05) is 77.8 Å². The van der Waals surface area contributed by atoms with Crippen molar-refractivity contribution in [2.45, 2.75) is 182 Å². The summed E-state index contributed by atoms with van der Waals surface area (Å²) in [4.78, 5) is 7.92. The van der Waals surface area contributed by atoms with Gasteiger partial charge in [-0.15, -0.1) is 0 Å². The summed E-state index contributed by atoms with van der Waals surface area (Å²) < 4.78 is 0. The molecule has 0 bridgehead atoms. The van der Waals surface area contributed by atoms with Crippen LogP contribution in [0.15, 0.2) is 9.98 Å². The van der Waals surface area contributed by atoms with E-state index in [1.54, 1.807) is 24.6 Å². The quantitative estimate of drug-likeness (QED) is 0.124. The first-order valence-corrected chi connectivity index (χ1v) is 25.4. The summed E-state index contributed by atoms with van der Waals surface area (Å²) in [6.45, 7) is 41.1. The molecule has 0 atom stereocenters. The second kappa shape index (κ2) is 32.3. The zero-order chi connectivity index (χ0) is 32.8. The van der Waals surface area contributed by atoms with Crippen LogP contribution in [0.25, 0.3) is 0 Å². The van der Waals surface area contributed by atoms with Crippen molar-refractivity contribution in [3.05, 3.63) is 0 Å². The number of hydrogen-bond acceptors (Lipinski definition) is 2. The molecule has 2 aliphatic rings. The van der Waals surface area contributed by atoms with Crippen molar-refractivity contribution in [3.63, 3.8) is 0 Å². The van der Waals surface area contributed by atoms with Crippen LogP contribution in [0.2, 0.25) is 0 Å². The predicted molar refractivity (Wildman–Crippen MR) is 219 cm³/mol. The first-order valence-electron chi connectivity index (χ1n) is 17.9. The van der Waals surface area contributed by atoms with Crippen molar-refractivity contribution >= 4 is 44.1 Å². The molecule has 0 unspecified atom stereocenters. The maximum atomic E-state index is 3.96. The molecule has 0 N–H and O–H groups in total. The molecule has 0 aromatic rings. The van der Waals surface area contributed by atoms with E-state index in [0.29, 0.717) is 0 Å². The first kappa shape index (κ1) is 52.9. The summed E-state index contributed by atoms with van der Waals surface area (Å²) in [5.74, 6) is 0. The largest absolute Gasteiger partial charge is 0.298 e. The SMILES string of the molecule is C1=NCCC1.C1=NCCC1.CC(C)[PH+](CC[PH+](C(C)C)C(C)C)C(C)C.CC(C)[PH+](CC[PH+](C(C)C)C(C)C)C(C)C.[Ni].[Ni]. The average Bonchev–Trinajstić information content (AvgIpc) is 3.62. The van der Waals surface area contributed by atoms with Crippen LogP contribution in [0, 0.1) is 0 Å². The molecule has 8 heteroatoms. The Morgan fingerprint density at radius 2 is 0.568 bits per heavy atom. The molecule has 0 aromatic heterocycles. The maximum Gasteiger partial charge on any atom is 0.0910 e. The summed E-state index contributed by atoms with van der Waals surface area (Å²) in [6.07, 6.45) is 15.2. The van der Waals surface area contributed by atoms with Crippen molar-refractivity contribution < 1.29 is 33.0 Å². The number of hydrogen-bond donors (Lipinski definition) is 0. The molecular formula is C36H82N2Ni2P4+4. The fourth-order valence-electron chi connectivity index (χ4n) is 6.47. The molecule has 0 aromatic carbocycles. The molecule has 0 amide bonds. The molecule has 272 valence electrons. The Hall–Kier alpha value is 2.05. The Bertz CT molecular complexity index is 529. The van der Waals surface area contributed by atoms with E-state index < -0.39 is 0 Å². The molecule has 2 rings (SSSR count). The van der Waals surface area contributed by atoms with E-state index >= 15 is 0 Å². The molecule has 44 heavy (non-hydrogen) atoms. The molecule has 2 nitrogen and oxygen atoms in total. The van der Waals surface area contributed by atoms with Gasteiger partial charge in [0.15, 0.2) is 0 Å². The van der Waals surface area contributed by atoms with Crippen LogP contribution in [-0.4, -0.2) is 95.4 Å². The minimum atomic E-state index is -0.114. The third-order valence-electron chi connectivity index (χ3n) is 8.84. The van der Waals surface area contributed by atoms with Gasteiger partial charge in [-0.3, -0.25) is 9.98 Å². The average molecular weight is 784 g/mol. The zero-order valence-corrected chi connectivity index (χ0v) is 38.3. The monoisotopic (exact) mass is 782 g/mol. The molecule has 0 saturated heterocycles. The van der Waals surface area contributed by atoms with Gasteiger partial charge >= 0.3 is 0 Å². The van der Waals surface area contributed by atoms with Gasteiger partial charge in [-0.25, -0.2) is 0 Å². The predicted octanol–water partition coefficient (Wildman–Crippen LogP) is 11.8. The van der Waals surface area contributed by atoms with Crippen molar-refractivity contribution in [2.24, 2.45) is 9.98 Å². The van der Waals surface area contributed by atoms with E-state index in [4.69, 9.17) is 0 Å². The van der Waals surface area contributed by atoms with Gasteiger partial charge in [0.1, 0.15) is 0 Å². The summed E-state index contributed by atoms with van der Waals surface area (Å²) >= 11 is 0. The van der Waals surface area contributed by atoms with Crippen LogP contribution in [0.4, 0.5) is 0 Å². The summed E-state index contributed by atoms with van der Waals surface area (Å²) in [7, 11) is -0.458. The van der Waals surface area contributed by atoms with E-state index in [-0.39, 0.29) is 64.7 Å². The number of aliphatic imine (C=N–C) groups is 2. The third kappa shape index (κ3) is 27.9. The normalized spacial score (nSPS) is 14.3. The molecule has 2 heterocycles. The molecule has 0 fully saturated rings. The fraction of sp³-hybridized carbons (Fsp3) is 0.944. The van der Waals surface area contributed by atoms with Gasteiger partial charge in [-0.1, -0.05) is 0 Å². The Morgan fingerprint density at radius 3 is 0.636 bits per heavy atom. The second-order valence-corrected chi connectivity index (χ2v) is 30.8. The molecule has 0 radical (unpaired) electrons. The topological polar surface area (TPSA) is 24.7 Å². The van der Waals surface area contributed by atoms with Gasteiger partial charge < -0.3 is 0 Å². The molecular weight excluding hydrogens is 702 g/mol. The second-order valence-electron chi connectivity index (χ2n) is 15.0. The third-order valence-corrected chi connectivity index (χ3v) is 25.0. The Morgan fingerprint density at radius 1 is 0.386 bits per heavy atom. The van der Waals surface area contributed by atoms with Crippen LogP contribution >= 0.6 is 31.7 Å². The van der Waals surface area contributed by atoms with E-state index in [2.05, 4.69) is 121 Å². The zero-order valence-electron chi connectivity index (χ0n) is 32.4. The van der Waals surface area contributed by atoms with Gasteiger partial charge in [-0.05, 0) is 149 Å². The van der Waals surface area contributed by atoms with Gasteiger partial charge in [0.05, 0.1) is 69.9 Å². The smallest absolute Gasteiger partial charge is 0.0910 e. The van der Waals surface area contributed by atoms with Gasteiger partial charge in [0.2, 0.25) is 0 Å². The number of rotatable bonds is 14. The minimum absolute atomic E-state index is 0. The number of nitrogens with zero attached hydrogens (tertiary/aromatic N) is 2. The molecule has 0 spiro atoms. The van der Waals surface area contributed by atoms with Crippen molar-refractivity contribution in [1.29, 1.82) is 0 Å². The molecule has 0 saturated carbocycles. The van der Waals surface area contributed by atoms with Gasteiger partial charge in [-0.2, -0.15) is 0 Å².